The number of hydrogen-bond donors (Lipinski definition) is 0. The number of ether oxygens (including phenoxy) is 1. The zero-order chi connectivity index (χ0) is 10.9. The lowest BCUT2D eigenvalue weighted by Gasteiger charge is -2.38. The van der Waals surface area contributed by atoms with Gasteiger partial charge in [0.15, 0.2) is 0 Å². The Hall–Kier alpha value is -0.820. The molecule has 1 aromatic carbocycles. The quantitative estimate of drug-likeness (QED) is 0.732. The van der Waals surface area contributed by atoms with Crippen LogP contribution >= 0.6 is 0 Å². The van der Waals surface area contributed by atoms with Crippen molar-refractivity contribution in [3.8, 4) is 0 Å². The van der Waals surface area contributed by atoms with Crippen molar-refractivity contribution in [1.82, 2.24) is 0 Å². The van der Waals surface area contributed by atoms with Gasteiger partial charge >= 0.3 is 0 Å². The summed E-state index contributed by atoms with van der Waals surface area (Å²) >= 11 is 0. The normalized spacial score (nSPS) is 25.3. The summed E-state index contributed by atoms with van der Waals surface area (Å²) in [7, 11) is 0. The first-order chi connectivity index (χ1) is 7.09. The van der Waals surface area contributed by atoms with Gasteiger partial charge in [0, 0.05) is 6.42 Å². The van der Waals surface area contributed by atoms with E-state index in [4.69, 9.17) is 4.74 Å². The molecule has 0 aromatic heterocycles. The molecule has 1 fully saturated rings. The molecule has 0 amide bonds. The van der Waals surface area contributed by atoms with Crippen LogP contribution in [0.4, 0.5) is 0 Å². The van der Waals surface area contributed by atoms with Crippen LogP contribution in [0.2, 0.25) is 0 Å². The predicted molar refractivity (Wildman–Crippen MR) is 63.2 cm³/mol. The summed E-state index contributed by atoms with van der Waals surface area (Å²) in [5, 5.41) is 0. The minimum absolute atomic E-state index is 0.110. The molecule has 1 heteroatoms. The zero-order valence-corrected chi connectivity index (χ0v) is 9.92. The monoisotopic (exact) mass is 204 g/mol. The Labute approximate surface area is 92.5 Å². The fraction of sp³-hybridized carbons (Fsp3) is 0.571. The van der Waals surface area contributed by atoms with Crippen molar-refractivity contribution < 1.29 is 4.74 Å². The molecule has 0 N–H and O–H groups in total. The Morgan fingerprint density at radius 3 is 2.27 bits per heavy atom. The van der Waals surface area contributed by atoms with Gasteiger partial charge in [0.05, 0.1) is 12.2 Å². The Morgan fingerprint density at radius 1 is 1.27 bits per heavy atom. The molecule has 15 heavy (non-hydrogen) atoms. The van der Waals surface area contributed by atoms with Gasteiger partial charge in [0.2, 0.25) is 0 Å². The van der Waals surface area contributed by atoms with Crippen LogP contribution in [0.5, 0.6) is 0 Å². The third-order valence-corrected chi connectivity index (χ3v) is 3.31. The maximum absolute atomic E-state index is 5.60. The molecule has 1 atom stereocenters. The molecule has 0 radical (unpaired) electrons. The summed E-state index contributed by atoms with van der Waals surface area (Å²) in [5.74, 6) is 0.620. The van der Waals surface area contributed by atoms with Crippen LogP contribution in [-0.2, 0) is 11.2 Å². The Kier molecular flexibility index (Phi) is 2.83. The van der Waals surface area contributed by atoms with Crippen LogP contribution in [0.1, 0.15) is 44.2 Å². The van der Waals surface area contributed by atoms with Gasteiger partial charge in [0.1, 0.15) is 0 Å². The molecule has 1 heterocycles. The fourth-order valence-corrected chi connectivity index (χ4v) is 2.04. The molecule has 0 bridgehead atoms. The highest BCUT2D eigenvalue weighted by Crippen LogP contribution is 2.30. The first-order valence-electron chi connectivity index (χ1n) is 5.82. The van der Waals surface area contributed by atoms with E-state index >= 15 is 0 Å². The minimum atomic E-state index is 0.110. The fourth-order valence-electron chi connectivity index (χ4n) is 2.04. The van der Waals surface area contributed by atoms with Crippen LogP contribution in [0.25, 0.3) is 0 Å². The van der Waals surface area contributed by atoms with E-state index in [2.05, 4.69) is 45.0 Å². The molecule has 2 rings (SSSR count). The van der Waals surface area contributed by atoms with Gasteiger partial charge in [-0.2, -0.15) is 0 Å². The SMILES string of the molecule is CC(C)c1ccc(CC2(C)CCO2)cc1. The van der Waals surface area contributed by atoms with E-state index in [-0.39, 0.29) is 5.60 Å². The van der Waals surface area contributed by atoms with E-state index in [1.807, 2.05) is 0 Å². The summed E-state index contributed by atoms with van der Waals surface area (Å²) in [6.45, 7) is 7.59. The predicted octanol–water partition coefficient (Wildman–Crippen LogP) is 3.53. The largest absolute Gasteiger partial charge is 0.375 e. The molecule has 1 aromatic rings. The molecule has 82 valence electrons. The third-order valence-electron chi connectivity index (χ3n) is 3.31. The van der Waals surface area contributed by atoms with Gasteiger partial charge in [-0.15, -0.1) is 0 Å². The molecule has 0 saturated carbocycles. The molecular formula is C14H20O. The van der Waals surface area contributed by atoms with E-state index in [0.29, 0.717) is 5.92 Å². The van der Waals surface area contributed by atoms with Gasteiger partial charge in [-0.25, -0.2) is 0 Å². The lowest BCUT2D eigenvalue weighted by Crippen LogP contribution is -2.42. The summed E-state index contributed by atoms with van der Waals surface area (Å²) in [5.41, 5.74) is 2.92. The highest BCUT2D eigenvalue weighted by Gasteiger charge is 2.32. The molecule has 1 unspecified atom stereocenters. The third kappa shape index (κ3) is 2.40. The first-order valence-corrected chi connectivity index (χ1v) is 5.82. The van der Waals surface area contributed by atoms with Crippen LogP contribution in [0.15, 0.2) is 24.3 Å². The molecule has 1 aliphatic rings. The number of hydrogen-bond acceptors (Lipinski definition) is 1. The van der Waals surface area contributed by atoms with Crippen LogP contribution in [0, 0.1) is 0 Å². The lowest BCUT2D eigenvalue weighted by molar-refractivity contribution is -0.132. The first kappa shape index (κ1) is 10.7. The van der Waals surface area contributed by atoms with E-state index in [1.165, 1.54) is 17.5 Å². The van der Waals surface area contributed by atoms with Crippen molar-refractivity contribution >= 4 is 0 Å². The van der Waals surface area contributed by atoms with Crippen molar-refractivity contribution in [3.05, 3.63) is 35.4 Å². The average molecular weight is 204 g/mol. The van der Waals surface area contributed by atoms with Crippen molar-refractivity contribution in [2.45, 2.75) is 45.1 Å². The molecule has 1 nitrogen and oxygen atoms in total. The Morgan fingerprint density at radius 2 is 1.87 bits per heavy atom. The molecular weight excluding hydrogens is 184 g/mol. The van der Waals surface area contributed by atoms with E-state index in [0.717, 1.165) is 13.0 Å². The lowest BCUT2D eigenvalue weighted by atomic mass is 9.89. The summed E-state index contributed by atoms with van der Waals surface area (Å²) in [4.78, 5) is 0. The van der Waals surface area contributed by atoms with E-state index in [9.17, 15) is 0 Å². The maximum Gasteiger partial charge on any atom is 0.0716 e. The van der Waals surface area contributed by atoms with Gasteiger partial charge in [-0.05, 0) is 30.4 Å². The standard InChI is InChI=1S/C14H20O/c1-11(2)13-6-4-12(5-7-13)10-14(3)8-9-15-14/h4-7,11H,8-10H2,1-3H3. The Bertz CT molecular complexity index is 320. The average Bonchev–Trinajstić information content (AvgIpc) is 2.16. The maximum atomic E-state index is 5.60. The van der Waals surface area contributed by atoms with Gasteiger partial charge in [-0.3, -0.25) is 0 Å². The molecule has 1 aliphatic heterocycles. The minimum Gasteiger partial charge on any atom is -0.375 e. The van der Waals surface area contributed by atoms with Crippen molar-refractivity contribution in [3.63, 3.8) is 0 Å². The topological polar surface area (TPSA) is 9.23 Å². The van der Waals surface area contributed by atoms with Crippen LogP contribution < -0.4 is 0 Å². The summed E-state index contributed by atoms with van der Waals surface area (Å²) in [6.07, 6.45) is 2.24. The van der Waals surface area contributed by atoms with Crippen molar-refractivity contribution in [2.75, 3.05) is 6.61 Å². The van der Waals surface area contributed by atoms with Crippen LogP contribution in [0.3, 0.4) is 0 Å². The van der Waals surface area contributed by atoms with Gasteiger partial charge in [-0.1, -0.05) is 38.1 Å². The smallest absolute Gasteiger partial charge is 0.0716 e. The van der Waals surface area contributed by atoms with Crippen molar-refractivity contribution in [2.24, 2.45) is 0 Å². The Balaban J connectivity index is 2.04. The number of rotatable bonds is 3. The molecule has 1 saturated heterocycles. The van der Waals surface area contributed by atoms with Gasteiger partial charge in [0.25, 0.3) is 0 Å². The van der Waals surface area contributed by atoms with Gasteiger partial charge < -0.3 is 4.74 Å². The highest BCUT2D eigenvalue weighted by molar-refractivity contribution is 5.26. The van der Waals surface area contributed by atoms with Crippen LogP contribution in [-0.4, -0.2) is 12.2 Å². The second-order valence-electron chi connectivity index (χ2n) is 5.12. The summed E-state index contributed by atoms with van der Waals surface area (Å²) < 4.78 is 5.60. The molecule has 0 spiro atoms. The van der Waals surface area contributed by atoms with Crippen molar-refractivity contribution in [1.29, 1.82) is 0 Å². The highest BCUT2D eigenvalue weighted by atomic mass is 16.5. The second kappa shape index (κ2) is 3.97. The van der Waals surface area contributed by atoms with E-state index < -0.39 is 0 Å². The number of benzene rings is 1. The second-order valence-corrected chi connectivity index (χ2v) is 5.12. The summed E-state index contributed by atoms with van der Waals surface area (Å²) in [6, 6.07) is 8.95. The zero-order valence-electron chi connectivity index (χ0n) is 9.92. The molecule has 0 aliphatic carbocycles. The van der Waals surface area contributed by atoms with E-state index in [1.54, 1.807) is 0 Å².